The Bertz CT molecular complexity index is 605. The number of carbonyl (C=O) groups is 1. The molecule has 0 unspecified atom stereocenters. The van der Waals surface area contributed by atoms with Crippen LogP contribution in [-0.4, -0.2) is 29.1 Å². The van der Waals surface area contributed by atoms with E-state index >= 15 is 0 Å². The van der Waals surface area contributed by atoms with Crippen LogP contribution in [0.3, 0.4) is 0 Å². The molecule has 3 nitrogen and oxygen atoms in total. The molecular formula is C20H28N2OS. The summed E-state index contributed by atoms with van der Waals surface area (Å²) in [7, 11) is 0. The molecule has 2 rings (SSSR count). The van der Waals surface area contributed by atoms with E-state index in [0.29, 0.717) is 0 Å². The van der Waals surface area contributed by atoms with Crippen LogP contribution in [0, 0.1) is 0 Å². The van der Waals surface area contributed by atoms with Crippen molar-refractivity contribution in [2.75, 3.05) is 13.1 Å². The van der Waals surface area contributed by atoms with Gasteiger partial charge in [0.1, 0.15) is 0 Å². The average molecular weight is 345 g/mol. The molecule has 1 aliphatic rings. The van der Waals surface area contributed by atoms with Gasteiger partial charge in [0.25, 0.3) is 5.91 Å². The van der Waals surface area contributed by atoms with Crippen molar-refractivity contribution in [3.05, 3.63) is 40.3 Å². The molecule has 1 amide bonds. The molecule has 1 saturated heterocycles. The van der Waals surface area contributed by atoms with E-state index in [1.165, 1.54) is 17.3 Å². The van der Waals surface area contributed by atoms with E-state index in [0.717, 1.165) is 60.8 Å². The number of nitrogens with zero attached hydrogens (tertiary/aromatic N) is 2. The third kappa shape index (κ3) is 4.97. The summed E-state index contributed by atoms with van der Waals surface area (Å²) in [6, 6.07) is 8.42. The number of aryl methyl sites for hydroxylation is 1. The molecule has 1 heterocycles. The van der Waals surface area contributed by atoms with Crippen LogP contribution in [0.5, 0.6) is 0 Å². The summed E-state index contributed by atoms with van der Waals surface area (Å²) in [6.07, 6.45) is 7.30. The highest BCUT2D eigenvalue weighted by Gasteiger charge is 2.32. The van der Waals surface area contributed by atoms with Gasteiger partial charge >= 0.3 is 0 Å². The first kappa shape index (κ1) is 18.8. The molecule has 24 heavy (non-hydrogen) atoms. The molecule has 0 N–H and O–H groups in total. The van der Waals surface area contributed by atoms with Gasteiger partial charge in [-0.3, -0.25) is 14.7 Å². The minimum Gasteiger partial charge on any atom is -0.287 e. The largest absolute Gasteiger partial charge is 0.287 e. The molecule has 0 aliphatic carbocycles. The summed E-state index contributed by atoms with van der Waals surface area (Å²) in [4.78, 5) is 20.0. The van der Waals surface area contributed by atoms with Gasteiger partial charge in [-0.15, -0.1) is 0 Å². The highest BCUT2D eigenvalue weighted by Crippen LogP contribution is 2.32. The summed E-state index contributed by atoms with van der Waals surface area (Å²) < 4.78 is 0. The first-order chi connectivity index (χ1) is 11.7. The Labute approximate surface area is 150 Å². The Kier molecular flexibility index (Phi) is 7.57. The molecule has 0 bridgehead atoms. The lowest BCUT2D eigenvalue weighted by Crippen LogP contribution is -2.30. The van der Waals surface area contributed by atoms with Gasteiger partial charge in [0, 0.05) is 13.1 Å². The van der Waals surface area contributed by atoms with Crippen molar-refractivity contribution in [2.45, 2.75) is 52.9 Å². The number of hydrogen-bond acceptors (Lipinski definition) is 3. The third-order valence-corrected chi connectivity index (χ3v) is 5.11. The molecule has 1 aliphatic heterocycles. The van der Waals surface area contributed by atoms with Crippen LogP contribution in [0.15, 0.2) is 34.2 Å². The second kappa shape index (κ2) is 9.67. The van der Waals surface area contributed by atoms with Crippen molar-refractivity contribution in [3.8, 4) is 0 Å². The number of rotatable bonds is 8. The average Bonchev–Trinajstić information content (AvgIpc) is 2.89. The maximum atomic E-state index is 12.7. The van der Waals surface area contributed by atoms with Gasteiger partial charge in [-0.05, 0) is 48.2 Å². The van der Waals surface area contributed by atoms with Crippen LogP contribution in [0.25, 0.3) is 6.08 Å². The lowest BCUT2D eigenvalue weighted by atomic mass is 10.1. The van der Waals surface area contributed by atoms with Crippen molar-refractivity contribution in [1.82, 2.24) is 4.90 Å². The number of carbonyl (C=O) groups excluding carboxylic acids is 1. The smallest absolute Gasteiger partial charge is 0.266 e. The van der Waals surface area contributed by atoms with Gasteiger partial charge in [-0.25, -0.2) is 0 Å². The van der Waals surface area contributed by atoms with E-state index in [2.05, 4.69) is 50.0 Å². The van der Waals surface area contributed by atoms with E-state index in [4.69, 9.17) is 0 Å². The predicted molar refractivity (Wildman–Crippen MR) is 105 cm³/mol. The molecule has 1 fully saturated rings. The zero-order chi connectivity index (χ0) is 17.4. The molecule has 0 atom stereocenters. The first-order valence-electron chi connectivity index (χ1n) is 9.04. The Morgan fingerprint density at radius 2 is 1.79 bits per heavy atom. The van der Waals surface area contributed by atoms with Gasteiger partial charge in [0.15, 0.2) is 5.17 Å². The fourth-order valence-electron chi connectivity index (χ4n) is 2.47. The quantitative estimate of drug-likeness (QED) is 0.484. The van der Waals surface area contributed by atoms with Crippen molar-refractivity contribution in [2.24, 2.45) is 4.99 Å². The summed E-state index contributed by atoms with van der Waals surface area (Å²) in [5, 5.41) is 0.873. The fraction of sp³-hybridized carbons (Fsp3) is 0.500. The highest BCUT2D eigenvalue weighted by atomic mass is 32.2. The molecule has 4 heteroatoms. The van der Waals surface area contributed by atoms with E-state index in [1.54, 1.807) is 0 Å². The lowest BCUT2D eigenvalue weighted by molar-refractivity contribution is -0.122. The lowest BCUT2D eigenvalue weighted by Gasteiger charge is -2.14. The first-order valence-corrected chi connectivity index (χ1v) is 9.86. The minimum atomic E-state index is 0.100. The van der Waals surface area contributed by atoms with Gasteiger partial charge in [-0.1, -0.05) is 57.9 Å². The summed E-state index contributed by atoms with van der Waals surface area (Å²) >= 11 is 1.52. The molecule has 1 aromatic rings. The van der Waals surface area contributed by atoms with Gasteiger partial charge in [-0.2, -0.15) is 0 Å². The topological polar surface area (TPSA) is 32.7 Å². The SMILES string of the molecule is CCCCN=C1S/C(=C\c2ccc(CC)cc2)C(=O)N1CCCC. The molecule has 1 aromatic carbocycles. The predicted octanol–water partition coefficient (Wildman–Crippen LogP) is 5.12. The van der Waals surface area contributed by atoms with Crippen molar-refractivity contribution < 1.29 is 4.79 Å². The summed E-state index contributed by atoms with van der Waals surface area (Å²) in [5.41, 5.74) is 2.39. The van der Waals surface area contributed by atoms with Crippen molar-refractivity contribution in [1.29, 1.82) is 0 Å². The number of unbranched alkanes of at least 4 members (excludes halogenated alkanes) is 2. The maximum absolute atomic E-state index is 12.7. The van der Waals surface area contributed by atoms with Crippen LogP contribution in [0.1, 0.15) is 57.6 Å². The molecule has 0 saturated carbocycles. The number of amides is 1. The fourth-order valence-corrected chi connectivity index (χ4v) is 3.50. The molecule has 0 spiro atoms. The van der Waals surface area contributed by atoms with Crippen molar-refractivity contribution in [3.63, 3.8) is 0 Å². The Hall–Kier alpha value is -1.55. The maximum Gasteiger partial charge on any atom is 0.266 e. The summed E-state index contributed by atoms with van der Waals surface area (Å²) in [5.74, 6) is 0.100. The van der Waals surface area contributed by atoms with Crippen LogP contribution >= 0.6 is 11.8 Å². The number of benzene rings is 1. The number of thioether (sulfide) groups is 1. The Balaban J connectivity index is 2.18. The molecule has 0 aromatic heterocycles. The van der Waals surface area contributed by atoms with Gasteiger partial charge in [0.05, 0.1) is 4.91 Å². The number of hydrogen-bond donors (Lipinski definition) is 0. The van der Waals surface area contributed by atoms with Gasteiger partial charge in [0.2, 0.25) is 0 Å². The van der Waals surface area contributed by atoms with Crippen LogP contribution in [-0.2, 0) is 11.2 Å². The zero-order valence-corrected chi connectivity index (χ0v) is 15.9. The number of amidine groups is 1. The van der Waals surface area contributed by atoms with Crippen LogP contribution in [0.2, 0.25) is 0 Å². The molecule has 0 radical (unpaired) electrons. The van der Waals surface area contributed by atoms with E-state index in [-0.39, 0.29) is 5.91 Å². The minimum absolute atomic E-state index is 0.100. The second-order valence-electron chi connectivity index (χ2n) is 6.03. The Morgan fingerprint density at radius 3 is 2.42 bits per heavy atom. The van der Waals surface area contributed by atoms with E-state index in [9.17, 15) is 4.79 Å². The van der Waals surface area contributed by atoms with E-state index < -0.39 is 0 Å². The normalized spacial score (nSPS) is 18.1. The highest BCUT2D eigenvalue weighted by molar-refractivity contribution is 8.18. The van der Waals surface area contributed by atoms with Crippen LogP contribution < -0.4 is 0 Å². The third-order valence-electron chi connectivity index (χ3n) is 4.07. The Morgan fingerprint density at radius 1 is 1.08 bits per heavy atom. The molecular weight excluding hydrogens is 316 g/mol. The second-order valence-corrected chi connectivity index (χ2v) is 7.04. The monoisotopic (exact) mass is 344 g/mol. The number of aliphatic imine (C=N–C) groups is 1. The standard InChI is InChI=1S/C20H28N2OS/c1-4-7-13-21-20-22(14-8-5-2)19(23)18(24-20)15-17-11-9-16(6-3)10-12-17/h9-12,15H,4-8,13-14H2,1-3H3/b18-15-,21-20?. The molecule has 130 valence electrons. The van der Waals surface area contributed by atoms with Crippen molar-refractivity contribution >= 4 is 28.9 Å². The van der Waals surface area contributed by atoms with Gasteiger partial charge < -0.3 is 0 Å². The zero-order valence-electron chi connectivity index (χ0n) is 15.0. The van der Waals surface area contributed by atoms with Crippen LogP contribution in [0.4, 0.5) is 0 Å². The summed E-state index contributed by atoms with van der Waals surface area (Å²) in [6.45, 7) is 8.02. The van der Waals surface area contributed by atoms with E-state index in [1.807, 2.05) is 11.0 Å².